The zero-order chi connectivity index (χ0) is 15.9. The molecule has 1 aromatic carbocycles. The van der Waals surface area contributed by atoms with Gasteiger partial charge in [-0.25, -0.2) is 4.90 Å². The van der Waals surface area contributed by atoms with Gasteiger partial charge in [-0.2, -0.15) is 0 Å². The first-order chi connectivity index (χ1) is 11.1. The maximum Gasteiger partial charge on any atom is 0.238 e. The predicted molar refractivity (Wildman–Crippen MR) is 88.2 cm³/mol. The van der Waals surface area contributed by atoms with E-state index in [1.165, 1.54) is 4.90 Å². The largest absolute Gasteiger partial charge is 0.274 e. The van der Waals surface area contributed by atoms with Crippen LogP contribution in [-0.4, -0.2) is 11.8 Å². The van der Waals surface area contributed by atoms with E-state index < -0.39 is 0 Å². The van der Waals surface area contributed by atoms with Gasteiger partial charge in [0.25, 0.3) is 0 Å². The quantitative estimate of drug-likeness (QED) is 0.574. The third-order valence-corrected chi connectivity index (χ3v) is 6.57. The number of imide groups is 1. The second kappa shape index (κ2) is 4.49. The fraction of sp³-hybridized carbons (Fsp3) is 0.333. The van der Waals surface area contributed by atoms with Gasteiger partial charge in [-0.05, 0) is 41.9 Å². The first kappa shape index (κ1) is 13.8. The standard InChI is InChI=1S/C18H13Cl2NO2/c19-13-6-1-8(7-14(13)20)21-17(22)15-11-4-5-12(16(15)18(21)23)10-3-2-9(10)11/h1-7,9-12,15-16H/t9-,10+,11+,12-,15+,16-. The number of anilines is 1. The zero-order valence-corrected chi connectivity index (χ0v) is 13.5. The summed E-state index contributed by atoms with van der Waals surface area (Å²) < 4.78 is 0. The lowest BCUT2D eigenvalue weighted by atomic mass is 9.50. The van der Waals surface area contributed by atoms with E-state index in [-0.39, 0.29) is 35.5 Å². The molecule has 0 aromatic heterocycles. The van der Waals surface area contributed by atoms with Crippen LogP contribution in [-0.2, 0) is 9.59 Å². The van der Waals surface area contributed by atoms with Crippen molar-refractivity contribution in [1.82, 2.24) is 0 Å². The van der Waals surface area contributed by atoms with Gasteiger partial charge >= 0.3 is 0 Å². The van der Waals surface area contributed by atoms with E-state index in [2.05, 4.69) is 24.3 Å². The van der Waals surface area contributed by atoms with Crippen LogP contribution in [0.15, 0.2) is 42.5 Å². The molecule has 0 spiro atoms. The summed E-state index contributed by atoms with van der Waals surface area (Å²) in [5.41, 5.74) is 0.517. The van der Waals surface area contributed by atoms with Crippen LogP contribution in [0.2, 0.25) is 10.0 Å². The van der Waals surface area contributed by atoms with Crippen molar-refractivity contribution in [1.29, 1.82) is 0 Å². The van der Waals surface area contributed by atoms with Gasteiger partial charge in [-0.15, -0.1) is 0 Å². The molecule has 6 atom stereocenters. The van der Waals surface area contributed by atoms with Gasteiger partial charge in [0, 0.05) is 0 Å². The molecule has 23 heavy (non-hydrogen) atoms. The third-order valence-electron chi connectivity index (χ3n) is 5.83. The van der Waals surface area contributed by atoms with Crippen LogP contribution in [0.3, 0.4) is 0 Å². The molecular formula is C18H13Cl2NO2. The molecule has 3 nitrogen and oxygen atoms in total. The highest BCUT2D eigenvalue weighted by Crippen LogP contribution is 2.59. The van der Waals surface area contributed by atoms with Crippen LogP contribution in [0.1, 0.15) is 0 Å². The number of carbonyl (C=O) groups excluding carboxylic acids is 2. The smallest absolute Gasteiger partial charge is 0.238 e. The van der Waals surface area contributed by atoms with Crippen LogP contribution in [0.25, 0.3) is 0 Å². The Kier molecular flexibility index (Phi) is 2.70. The van der Waals surface area contributed by atoms with Crippen molar-refractivity contribution >= 4 is 40.7 Å². The van der Waals surface area contributed by atoms with Crippen molar-refractivity contribution < 1.29 is 9.59 Å². The highest BCUT2D eigenvalue weighted by Gasteiger charge is 2.62. The molecule has 0 N–H and O–H groups in total. The maximum atomic E-state index is 13.0. The molecule has 4 aliphatic carbocycles. The molecule has 116 valence electrons. The molecule has 5 heteroatoms. The molecule has 0 radical (unpaired) electrons. The van der Waals surface area contributed by atoms with E-state index in [9.17, 15) is 9.59 Å². The van der Waals surface area contributed by atoms with E-state index in [1.807, 2.05) is 0 Å². The van der Waals surface area contributed by atoms with Gasteiger partial charge < -0.3 is 0 Å². The third kappa shape index (κ3) is 1.62. The summed E-state index contributed by atoms with van der Waals surface area (Å²) in [4.78, 5) is 27.3. The number of amides is 2. The molecule has 6 rings (SSSR count). The van der Waals surface area contributed by atoms with Gasteiger partial charge in [0.2, 0.25) is 11.8 Å². The number of rotatable bonds is 1. The lowest BCUT2D eigenvalue weighted by Crippen LogP contribution is -2.50. The van der Waals surface area contributed by atoms with Crippen molar-refractivity contribution in [2.45, 2.75) is 0 Å². The number of benzene rings is 1. The normalized spacial score (nSPS) is 39.5. The number of nitrogens with zero attached hydrogens (tertiary/aromatic N) is 1. The van der Waals surface area contributed by atoms with Crippen molar-refractivity contribution in [2.24, 2.45) is 35.5 Å². The van der Waals surface area contributed by atoms with Gasteiger partial charge in [-0.3, -0.25) is 9.59 Å². The van der Waals surface area contributed by atoms with E-state index in [4.69, 9.17) is 23.2 Å². The Bertz CT molecular complexity index is 775. The van der Waals surface area contributed by atoms with Crippen LogP contribution in [0.4, 0.5) is 5.69 Å². The zero-order valence-electron chi connectivity index (χ0n) is 12.0. The number of hydrogen-bond donors (Lipinski definition) is 0. The lowest BCUT2D eigenvalue weighted by Gasteiger charge is -2.51. The molecule has 2 amide bonds. The summed E-state index contributed by atoms with van der Waals surface area (Å²) in [6.07, 6.45) is 8.64. The molecule has 5 aliphatic rings. The highest BCUT2D eigenvalue weighted by molar-refractivity contribution is 6.42. The van der Waals surface area contributed by atoms with E-state index in [0.717, 1.165) is 0 Å². The minimum Gasteiger partial charge on any atom is -0.274 e. The van der Waals surface area contributed by atoms with E-state index in [0.29, 0.717) is 27.6 Å². The summed E-state index contributed by atoms with van der Waals surface area (Å²) >= 11 is 12.0. The van der Waals surface area contributed by atoms with Crippen LogP contribution < -0.4 is 4.90 Å². The molecule has 1 saturated carbocycles. The fourth-order valence-corrected chi connectivity index (χ4v) is 5.06. The number of allylic oxidation sites excluding steroid dienone is 4. The van der Waals surface area contributed by atoms with Crippen LogP contribution in [0.5, 0.6) is 0 Å². The summed E-state index contributed by atoms with van der Waals surface area (Å²) in [7, 11) is 0. The molecule has 1 aromatic rings. The minimum atomic E-state index is -0.238. The van der Waals surface area contributed by atoms with Crippen molar-refractivity contribution in [2.75, 3.05) is 4.90 Å². The first-order valence-electron chi connectivity index (χ1n) is 7.77. The summed E-state index contributed by atoms with van der Waals surface area (Å²) in [6, 6.07) is 4.91. The maximum absolute atomic E-state index is 13.0. The predicted octanol–water partition coefficient (Wildman–Crippen LogP) is 3.72. The molecular weight excluding hydrogens is 333 g/mol. The second-order valence-corrected chi connectivity index (χ2v) is 7.56. The molecule has 1 aliphatic heterocycles. The molecule has 1 heterocycles. The number of hydrogen-bond acceptors (Lipinski definition) is 2. The van der Waals surface area contributed by atoms with E-state index >= 15 is 0 Å². The molecule has 0 unspecified atom stereocenters. The second-order valence-electron chi connectivity index (χ2n) is 6.74. The van der Waals surface area contributed by atoms with Crippen LogP contribution in [0, 0.1) is 35.5 Å². The summed E-state index contributed by atoms with van der Waals surface area (Å²) in [6.45, 7) is 0. The fourth-order valence-electron chi connectivity index (χ4n) is 4.77. The van der Waals surface area contributed by atoms with Crippen molar-refractivity contribution in [3.8, 4) is 0 Å². The van der Waals surface area contributed by atoms with Gasteiger partial charge in [-0.1, -0.05) is 47.5 Å². The highest BCUT2D eigenvalue weighted by atomic mass is 35.5. The first-order valence-corrected chi connectivity index (χ1v) is 8.53. The Morgan fingerprint density at radius 1 is 0.739 bits per heavy atom. The molecule has 1 saturated heterocycles. The summed E-state index contributed by atoms with van der Waals surface area (Å²) in [5, 5.41) is 0.762. The summed E-state index contributed by atoms with van der Waals surface area (Å²) in [5.74, 6) is 0.436. The Morgan fingerprint density at radius 3 is 1.74 bits per heavy atom. The van der Waals surface area contributed by atoms with Gasteiger partial charge in [0.15, 0.2) is 0 Å². The van der Waals surface area contributed by atoms with E-state index in [1.54, 1.807) is 18.2 Å². The molecule has 2 fully saturated rings. The Morgan fingerprint density at radius 2 is 1.26 bits per heavy atom. The Labute approximate surface area is 143 Å². The van der Waals surface area contributed by atoms with Gasteiger partial charge in [0.1, 0.15) is 0 Å². The van der Waals surface area contributed by atoms with Gasteiger partial charge in [0.05, 0.1) is 27.6 Å². The minimum absolute atomic E-state index is 0.100. The average Bonchev–Trinajstić information content (AvgIpc) is 2.75. The average molecular weight is 346 g/mol. The van der Waals surface area contributed by atoms with Crippen molar-refractivity contribution in [3.05, 3.63) is 52.5 Å². The monoisotopic (exact) mass is 345 g/mol. The lowest BCUT2D eigenvalue weighted by molar-refractivity contribution is -0.127. The number of carbonyl (C=O) groups is 2. The number of halogens is 2. The Balaban J connectivity index is 1.59. The topological polar surface area (TPSA) is 37.4 Å². The molecule has 2 bridgehead atoms. The van der Waals surface area contributed by atoms with Crippen molar-refractivity contribution in [3.63, 3.8) is 0 Å². The SMILES string of the molecule is O=C1[C@@H]2[C@@H]3C=C[C@@H]([C@@H]4C=C[C@@H]43)[C@@H]2C(=O)N1c1ccc(Cl)c(Cl)c1. The Hall–Kier alpha value is -1.58. The van der Waals surface area contributed by atoms with Crippen LogP contribution >= 0.6 is 23.2 Å².